The lowest BCUT2D eigenvalue weighted by atomic mass is 9.70. The summed E-state index contributed by atoms with van der Waals surface area (Å²) >= 11 is 1.87. The molecule has 0 fully saturated rings. The third kappa shape index (κ3) is 5.46. The molecule has 2 nitrogen and oxygen atoms in total. The molecule has 0 spiro atoms. The average molecular weight is 771 g/mol. The topological polar surface area (TPSA) is 8.17 Å². The predicted octanol–water partition coefficient (Wildman–Crippen LogP) is 15.6. The van der Waals surface area contributed by atoms with Crippen LogP contribution in [0.3, 0.4) is 0 Å². The van der Waals surface area contributed by atoms with Crippen LogP contribution in [-0.2, 0) is 0 Å². The Kier molecular flexibility index (Phi) is 7.89. The van der Waals surface area contributed by atoms with E-state index in [-0.39, 0.29) is 11.8 Å². The molecular weight excluding hydrogens is 733 g/mol. The lowest BCUT2D eigenvalue weighted by Gasteiger charge is -2.33. The van der Waals surface area contributed by atoms with Crippen molar-refractivity contribution in [2.75, 3.05) is 4.90 Å². The Morgan fingerprint density at radius 1 is 0.525 bits per heavy atom. The van der Waals surface area contributed by atoms with Crippen LogP contribution in [0.5, 0.6) is 0 Å². The maximum atomic E-state index is 2.50. The van der Waals surface area contributed by atoms with Crippen molar-refractivity contribution in [3.63, 3.8) is 0 Å². The summed E-state index contributed by atoms with van der Waals surface area (Å²) in [6, 6.07) is 67.1. The highest BCUT2D eigenvalue weighted by atomic mass is 32.1. The quantitative estimate of drug-likeness (QED) is 0.163. The van der Waals surface area contributed by atoms with Gasteiger partial charge >= 0.3 is 0 Å². The number of benzene rings is 8. The minimum Gasteiger partial charge on any atom is -0.310 e. The Morgan fingerprint density at radius 3 is 2.07 bits per heavy atom. The van der Waals surface area contributed by atoms with E-state index in [2.05, 4.69) is 228 Å². The van der Waals surface area contributed by atoms with Gasteiger partial charge in [-0.1, -0.05) is 164 Å². The second-order valence-electron chi connectivity index (χ2n) is 15.6. The maximum Gasteiger partial charge on any atom is 0.0640 e. The van der Waals surface area contributed by atoms with Crippen molar-refractivity contribution in [1.29, 1.82) is 0 Å². The van der Waals surface area contributed by atoms with Crippen molar-refractivity contribution in [3.8, 4) is 5.69 Å². The van der Waals surface area contributed by atoms with E-state index in [9.17, 15) is 0 Å². The number of hydrogen-bond acceptors (Lipinski definition) is 2. The minimum absolute atomic E-state index is 0.208. The van der Waals surface area contributed by atoms with Crippen LogP contribution in [0.1, 0.15) is 17.0 Å². The van der Waals surface area contributed by atoms with E-state index in [0.29, 0.717) is 0 Å². The van der Waals surface area contributed by atoms with Crippen molar-refractivity contribution < 1.29 is 0 Å². The van der Waals surface area contributed by atoms with Crippen LogP contribution in [0, 0.1) is 5.92 Å². The van der Waals surface area contributed by atoms with Crippen molar-refractivity contribution in [1.82, 2.24) is 4.57 Å². The van der Waals surface area contributed by atoms with E-state index < -0.39 is 0 Å². The standard InChI is InChI=1S/C56H38N2S/c1-3-15-37(16-4-1)44-25-13-18-39-19-14-26-45(54(39)44)38-29-31-42(32-30-38)57(43-33-34-48-47-23-10-12-28-52(47)59-53(48)36-43)51-35-40-17-7-8-22-46(40)56-55(51)49-24-9-11-27-50(49)58(56)41-20-5-2-6-21-41/h1-36,45,54H. The largest absolute Gasteiger partial charge is 0.310 e. The molecule has 2 heterocycles. The third-order valence-electron chi connectivity index (χ3n) is 12.4. The van der Waals surface area contributed by atoms with Crippen LogP contribution < -0.4 is 4.90 Å². The summed E-state index contributed by atoms with van der Waals surface area (Å²) in [6.45, 7) is 0. The zero-order valence-electron chi connectivity index (χ0n) is 32.2. The van der Waals surface area contributed by atoms with E-state index in [1.54, 1.807) is 0 Å². The number of aromatic nitrogens is 1. The molecule has 0 radical (unpaired) electrons. The highest BCUT2D eigenvalue weighted by molar-refractivity contribution is 7.25. The fourth-order valence-corrected chi connectivity index (χ4v) is 10.9. The molecule has 8 aromatic carbocycles. The van der Waals surface area contributed by atoms with Gasteiger partial charge in [0.25, 0.3) is 0 Å². The van der Waals surface area contributed by atoms with Crippen LogP contribution in [-0.4, -0.2) is 4.57 Å². The Bertz CT molecular complexity index is 3380. The molecule has 0 N–H and O–H groups in total. The summed E-state index contributed by atoms with van der Waals surface area (Å²) in [4.78, 5) is 2.50. The van der Waals surface area contributed by atoms with Gasteiger partial charge in [-0.3, -0.25) is 0 Å². The third-order valence-corrected chi connectivity index (χ3v) is 13.5. The number of para-hydroxylation sites is 2. The molecule has 0 bridgehead atoms. The van der Waals surface area contributed by atoms with Crippen molar-refractivity contribution in [3.05, 3.63) is 235 Å². The number of thiophene rings is 1. The fourth-order valence-electron chi connectivity index (χ4n) is 9.78. The summed E-state index contributed by atoms with van der Waals surface area (Å²) in [5.74, 6) is 0.453. The lowest BCUT2D eigenvalue weighted by Crippen LogP contribution is -2.19. The molecule has 0 saturated carbocycles. The van der Waals surface area contributed by atoms with Gasteiger partial charge in [0.1, 0.15) is 0 Å². The molecule has 0 amide bonds. The molecule has 12 rings (SSSR count). The number of anilines is 3. The first-order chi connectivity index (χ1) is 29.3. The Balaban J connectivity index is 1.09. The van der Waals surface area contributed by atoms with Gasteiger partial charge in [-0.05, 0) is 82.3 Å². The summed E-state index contributed by atoms with van der Waals surface area (Å²) in [5.41, 5.74) is 12.3. The highest BCUT2D eigenvalue weighted by Crippen LogP contribution is 2.50. The first-order valence-corrected chi connectivity index (χ1v) is 21.2. The molecule has 2 atom stereocenters. The first kappa shape index (κ1) is 33.9. The summed E-state index contributed by atoms with van der Waals surface area (Å²) < 4.78 is 5.06. The fraction of sp³-hybridized carbons (Fsp3) is 0.0357. The maximum absolute atomic E-state index is 2.50. The molecule has 3 heteroatoms. The smallest absolute Gasteiger partial charge is 0.0640 e. The van der Waals surface area contributed by atoms with Gasteiger partial charge in [-0.2, -0.15) is 0 Å². The van der Waals surface area contributed by atoms with E-state index in [4.69, 9.17) is 0 Å². The summed E-state index contributed by atoms with van der Waals surface area (Å²) in [6.07, 6.45) is 13.7. The van der Waals surface area contributed by atoms with Gasteiger partial charge in [0, 0.05) is 65.2 Å². The monoisotopic (exact) mass is 770 g/mol. The normalized spacial score (nSPS) is 16.2. The van der Waals surface area contributed by atoms with Crippen LogP contribution in [0.4, 0.5) is 17.1 Å². The zero-order valence-corrected chi connectivity index (χ0v) is 33.1. The number of fused-ring (bicyclic) bond motifs is 9. The van der Waals surface area contributed by atoms with E-state index in [1.165, 1.54) is 75.0 Å². The molecule has 2 aliphatic carbocycles. The summed E-state index contributed by atoms with van der Waals surface area (Å²) in [7, 11) is 0. The van der Waals surface area contributed by atoms with Crippen LogP contribution >= 0.6 is 11.3 Å². The minimum atomic E-state index is 0.208. The molecule has 10 aromatic rings. The Hall–Kier alpha value is -7.20. The van der Waals surface area contributed by atoms with Crippen molar-refractivity contribution >= 4 is 86.7 Å². The number of nitrogens with zero attached hydrogens (tertiary/aromatic N) is 2. The van der Waals surface area contributed by atoms with Gasteiger partial charge in [-0.15, -0.1) is 11.3 Å². The molecule has 2 aromatic heterocycles. The molecule has 278 valence electrons. The second kappa shape index (κ2) is 13.7. The molecular formula is C56H38N2S. The predicted molar refractivity (Wildman–Crippen MR) is 253 cm³/mol. The van der Waals surface area contributed by atoms with Crippen LogP contribution in [0.2, 0.25) is 0 Å². The van der Waals surface area contributed by atoms with E-state index in [1.807, 2.05) is 11.3 Å². The zero-order chi connectivity index (χ0) is 38.9. The van der Waals surface area contributed by atoms with Gasteiger partial charge in [0.15, 0.2) is 0 Å². The molecule has 2 aliphatic rings. The SMILES string of the molecule is C1=CC2=CC=CC(c3ccc(N(c4ccc5c(c4)sc4ccccc45)c4cc5ccccc5c5c4c4ccccc4n5-c4ccccc4)cc3)C2C(c2ccccc2)=C1. The van der Waals surface area contributed by atoms with E-state index >= 15 is 0 Å². The second-order valence-corrected chi connectivity index (χ2v) is 16.7. The number of hydrogen-bond donors (Lipinski definition) is 0. The highest BCUT2D eigenvalue weighted by Gasteiger charge is 2.31. The Labute approximate surface area is 347 Å². The number of rotatable bonds is 6. The van der Waals surface area contributed by atoms with Gasteiger partial charge in [0.2, 0.25) is 0 Å². The Morgan fingerprint density at radius 2 is 1.22 bits per heavy atom. The molecule has 59 heavy (non-hydrogen) atoms. The van der Waals surface area contributed by atoms with Crippen LogP contribution in [0.25, 0.3) is 64.0 Å². The van der Waals surface area contributed by atoms with E-state index in [0.717, 1.165) is 22.7 Å². The van der Waals surface area contributed by atoms with Crippen molar-refractivity contribution in [2.45, 2.75) is 5.92 Å². The average Bonchev–Trinajstić information content (AvgIpc) is 3.86. The van der Waals surface area contributed by atoms with Crippen molar-refractivity contribution in [2.24, 2.45) is 5.92 Å². The molecule has 0 saturated heterocycles. The molecule has 0 aliphatic heterocycles. The molecule has 2 unspecified atom stereocenters. The number of allylic oxidation sites excluding steroid dienone is 8. The van der Waals surface area contributed by atoms with Gasteiger partial charge in [0.05, 0.1) is 16.7 Å². The first-order valence-electron chi connectivity index (χ1n) is 20.4. The summed E-state index contributed by atoms with van der Waals surface area (Å²) in [5, 5.41) is 7.51. The van der Waals surface area contributed by atoms with Gasteiger partial charge < -0.3 is 9.47 Å². The van der Waals surface area contributed by atoms with Crippen LogP contribution in [0.15, 0.2) is 224 Å². The lowest BCUT2D eigenvalue weighted by molar-refractivity contribution is 0.687. The van der Waals surface area contributed by atoms with Gasteiger partial charge in [-0.25, -0.2) is 0 Å².